The Morgan fingerprint density at radius 3 is 2.60 bits per heavy atom. The lowest BCUT2D eigenvalue weighted by atomic mass is 10.0. The molecular formula is C25H23N5O3S2. The summed E-state index contributed by atoms with van der Waals surface area (Å²) in [5.41, 5.74) is 4.96. The molecular weight excluding hydrogens is 482 g/mol. The molecule has 10 heteroatoms. The third-order valence-corrected chi connectivity index (χ3v) is 8.51. The topological polar surface area (TPSA) is 109 Å². The van der Waals surface area contributed by atoms with Gasteiger partial charge in [-0.15, -0.1) is 0 Å². The molecule has 3 aromatic heterocycles. The standard InChI is InChI=1S/C25H23N5O3S2/c1-15-9-17(3)20-11-19(25(31)27-22(20)10-15)14-30(13-18-5-4-8-26-12-18)35(32,33)24-16(2)6-7-21-23(24)29-34-28-21/h4-12H,13-14H2,1-3H3,(H,27,31). The molecule has 1 N–H and O–H groups in total. The summed E-state index contributed by atoms with van der Waals surface area (Å²) in [6, 6.07) is 12.8. The highest BCUT2D eigenvalue weighted by Gasteiger charge is 2.30. The van der Waals surface area contributed by atoms with Crippen LogP contribution in [0.4, 0.5) is 0 Å². The van der Waals surface area contributed by atoms with Crippen molar-refractivity contribution in [1.82, 2.24) is 23.0 Å². The number of aromatic amines is 1. The Morgan fingerprint density at radius 1 is 1.00 bits per heavy atom. The van der Waals surface area contributed by atoms with E-state index in [1.54, 1.807) is 43.6 Å². The van der Waals surface area contributed by atoms with Crippen LogP contribution in [0.5, 0.6) is 0 Å². The van der Waals surface area contributed by atoms with Gasteiger partial charge >= 0.3 is 0 Å². The summed E-state index contributed by atoms with van der Waals surface area (Å²) in [6.45, 7) is 5.62. The summed E-state index contributed by atoms with van der Waals surface area (Å²) in [5, 5.41) is 0.880. The Balaban J connectivity index is 1.66. The molecule has 0 fully saturated rings. The Kier molecular flexibility index (Phi) is 5.96. The van der Waals surface area contributed by atoms with Gasteiger partial charge in [-0.2, -0.15) is 13.1 Å². The first-order valence-corrected chi connectivity index (χ1v) is 13.1. The lowest BCUT2D eigenvalue weighted by molar-refractivity contribution is 0.399. The molecule has 0 bridgehead atoms. The number of rotatable bonds is 6. The zero-order chi connectivity index (χ0) is 24.7. The Bertz CT molecular complexity index is 1730. The number of hydrogen-bond donors (Lipinski definition) is 1. The van der Waals surface area contributed by atoms with Gasteiger partial charge in [0, 0.05) is 41.9 Å². The van der Waals surface area contributed by atoms with Gasteiger partial charge in [0.15, 0.2) is 0 Å². The minimum Gasteiger partial charge on any atom is -0.322 e. The molecule has 0 unspecified atom stereocenters. The molecule has 0 aliphatic carbocycles. The maximum atomic E-state index is 14.1. The average Bonchev–Trinajstić information content (AvgIpc) is 3.28. The van der Waals surface area contributed by atoms with Crippen LogP contribution >= 0.6 is 11.7 Å². The van der Waals surface area contributed by atoms with Gasteiger partial charge in [-0.1, -0.05) is 18.2 Å². The molecule has 3 heterocycles. The van der Waals surface area contributed by atoms with Crippen molar-refractivity contribution < 1.29 is 8.42 Å². The molecule has 8 nitrogen and oxygen atoms in total. The van der Waals surface area contributed by atoms with E-state index in [0.717, 1.165) is 33.8 Å². The lowest BCUT2D eigenvalue weighted by Gasteiger charge is -2.23. The van der Waals surface area contributed by atoms with E-state index in [0.29, 0.717) is 27.7 Å². The van der Waals surface area contributed by atoms with E-state index in [1.807, 2.05) is 32.0 Å². The minimum atomic E-state index is -4.05. The van der Waals surface area contributed by atoms with Crippen LogP contribution in [0, 0.1) is 20.8 Å². The zero-order valence-electron chi connectivity index (χ0n) is 19.4. The third kappa shape index (κ3) is 4.36. The molecule has 0 radical (unpaired) electrons. The fourth-order valence-electron chi connectivity index (χ4n) is 4.33. The van der Waals surface area contributed by atoms with Crippen LogP contribution in [-0.2, 0) is 23.1 Å². The minimum absolute atomic E-state index is 0.0495. The first kappa shape index (κ1) is 23.3. The van der Waals surface area contributed by atoms with Crippen LogP contribution in [0.2, 0.25) is 0 Å². The molecule has 0 saturated heterocycles. The van der Waals surface area contributed by atoms with Crippen LogP contribution in [0.3, 0.4) is 0 Å². The molecule has 5 rings (SSSR count). The first-order valence-electron chi connectivity index (χ1n) is 11.0. The average molecular weight is 506 g/mol. The Hall–Kier alpha value is -3.47. The molecule has 0 spiro atoms. The van der Waals surface area contributed by atoms with Crippen LogP contribution in [0.1, 0.15) is 27.8 Å². The molecule has 5 aromatic rings. The fourth-order valence-corrected chi connectivity index (χ4v) is 6.68. The second-order valence-corrected chi connectivity index (χ2v) is 11.0. The summed E-state index contributed by atoms with van der Waals surface area (Å²) in [5.74, 6) is 0. The molecule has 0 amide bonds. The summed E-state index contributed by atoms with van der Waals surface area (Å²) in [4.78, 5) is 20.2. The Morgan fingerprint density at radius 2 is 1.83 bits per heavy atom. The number of pyridine rings is 2. The zero-order valence-corrected chi connectivity index (χ0v) is 21.1. The molecule has 0 aliphatic rings. The Labute approximate surface area is 206 Å². The molecule has 0 atom stereocenters. The first-order chi connectivity index (χ1) is 16.7. The predicted molar refractivity (Wildman–Crippen MR) is 137 cm³/mol. The molecule has 35 heavy (non-hydrogen) atoms. The third-order valence-electron chi connectivity index (χ3n) is 5.99. The van der Waals surface area contributed by atoms with Gasteiger partial charge in [0.25, 0.3) is 5.56 Å². The summed E-state index contributed by atoms with van der Waals surface area (Å²) in [7, 11) is -4.05. The van der Waals surface area contributed by atoms with E-state index in [2.05, 4.69) is 18.7 Å². The predicted octanol–water partition coefficient (Wildman–Crippen LogP) is 4.24. The number of nitrogens with one attached hydrogen (secondary N) is 1. The SMILES string of the molecule is Cc1cc(C)c2cc(CN(Cc3cccnc3)S(=O)(=O)c3c(C)ccc4nsnc34)c(=O)[nH]c2c1. The van der Waals surface area contributed by atoms with Crippen molar-refractivity contribution in [3.8, 4) is 0 Å². The van der Waals surface area contributed by atoms with Crippen LogP contribution in [0.25, 0.3) is 21.9 Å². The van der Waals surface area contributed by atoms with E-state index >= 15 is 0 Å². The molecule has 0 aliphatic heterocycles. The van der Waals surface area contributed by atoms with Crippen LogP contribution in [-0.4, -0.2) is 31.4 Å². The van der Waals surface area contributed by atoms with Crippen molar-refractivity contribution in [1.29, 1.82) is 0 Å². The maximum Gasteiger partial charge on any atom is 0.252 e. The van der Waals surface area contributed by atoms with Gasteiger partial charge in [-0.3, -0.25) is 9.78 Å². The number of aryl methyl sites for hydroxylation is 3. The van der Waals surface area contributed by atoms with E-state index in [1.165, 1.54) is 4.31 Å². The smallest absolute Gasteiger partial charge is 0.252 e. The van der Waals surface area contributed by atoms with Crippen molar-refractivity contribution in [3.63, 3.8) is 0 Å². The van der Waals surface area contributed by atoms with Crippen molar-refractivity contribution in [2.45, 2.75) is 38.8 Å². The summed E-state index contributed by atoms with van der Waals surface area (Å²) < 4.78 is 38.0. The largest absolute Gasteiger partial charge is 0.322 e. The summed E-state index contributed by atoms with van der Waals surface area (Å²) >= 11 is 0.970. The van der Waals surface area contributed by atoms with Gasteiger partial charge in [0.1, 0.15) is 15.9 Å². The van der Waals surface area contributed by atoms with Crippen molar-refractivity contribution in [2.24, 2.45) is 0 Å². The van der Waals surface area contributed by atoms with E-state index in [4.69, 9.17) is 0 Å². The van der Waals surface area contributed by atoms with Gasteiger partial charge in [0.2, 0.25) is 10.0 Å². The lowest BCUT2D eigenvalue weighted by Crippen LogP contribution is -2.33. The highest BCUT2D eigenvalue weighted by Crippen LogP contribution is 2.30. The second-order valence-electron chi connectivity index (χ2n) is 8.64. The van der Waals surface area contributed by atoms with E-state index < -0.39 is 10.0 Å². The van der Waals surface area contributed by atoms with E-state index in [-0.39, 0.29) is 23.5 Å². The van der Waals surface area contributed by atoms with Gasteiger partial charge in [-0.25, -0.2) is 8.42 Å². The second kappa shape index (κ2) is 8.95. The number of aromatic nitrogens is 4. The number of hydrogen-bond acceptors (Lipinski definition) is 7. The number of fused-ring (bicyclic) bond motifs is 2. The van der Waals surface area contributed by atoms with Crippen LogP contribution in [0.15, 0.2) is 64.5 Å². The number of H-pyrrole nitrogens is 1. The van der Waals surface area contributed by atoms with Gasteiger partial charge in [-0.05, 0) is 67.3 Å². The molecule has 2 aromatic carbocycles. The van der Waals surface area contributed by atoms with Crippen molar-refractivity contribution in [2.75, 3.05) is 0 Å². The maximum absolute atomic E-state index is 14.1. The van der Waals surface area contributed by atoms with Crippen LogP contribution < -0.4 is 5.56 Å². The fraction of sp³-hybridized carbons (Fsp3) is 0.200. The number of benzene rings is 2. The summed E-state index contributed by atoms with van der Waals surface area (Å²) in [6.07, 6.45) is 3.25. The molecule has 178 valence electrons. The number of sulfonamides is 1. The van der Waals surface area contributed by atoms with Crippen molar-refractivity contribution >= 4 is 43.7 Å². The quantitative estimate of drug-likeness (QED) is 0.370. The van der Waals surface area contributed by atoms with Crippen molar-refractivity contribution in [3.05, 3.63) is 93.0 Å². The number of nitrogens with zero attached hydrogens (tertiary/aromatic N) is 4. The highest BCUT2D eigenvalue weighted by atomic mass is 32.2. The highest BCUT2D eigenvalue weighted by molar-refractivity contribution is 7.89. The normalized spacial score (nSPS) is 12.1. The van der Waals surface area contributed by atoms with Gasteiger partial charge < -0.3 is 4.98 Å². The van der Waals surface area contributed by atoms with E-state index in [9.17, 15) is 13.2 Å². The molecule has 0 saturated carbocycles. The monoisotopic (exact) mass is 505 g/mol. The van der Waals surface area contributed by atoms with Gasteiger partial charge in [0.05, 0.1) is 11.7 Å².